The predicted molar refractivity (Wildman–Crippen MR) is 72.5 cm³/mol. The second-order valence-electron chi connectivity index (χ2n) is 3.93. The molecule has 2 heterocycles. The summed E-state index contributed by atoms with van der Waals surface area (Å²) in [5, 5.41) is 14.5. The van der Waals surface area contributed by atoms with E-state index in [9.17, 15) is 0 Å². The van der Waals surface area contributed by atoms with Crippen LogP contribution in [0.4, 0.5) is 0 Å². The van der Waals surface area contributed by atoms with Crippen LogP contribution in [-0.4, -0.2) is 16.7 Å². The first-order valence-electron chi connectivity index (χ1n) is 5.89. The molecule has 3 aromatic rings. The first-order chi connectivity index (χ1) is 8.86. The first-order valence-corrected chi connectivity index (χ1v) is 6.70. The van der Waals surface area contributed by atoms with Gasteiger partial charge in [-0.2, -0.15) is 0 Å². The molecule has 0 amide bonds. The van der Waals surface area contributed by atoms with Gasteiger partial charge in [0.1, 0.15) is 10.6 Å². The van der Waals surface area contributed by atoms with E-state index in [2.05, 4.69) is 22.4 Å². The lowest BCUT2D eigenvalue weighted by Crippen LogP contribution is -2.11. The van der Waals surface area contributed by atoms with Gasteiger partial charge in [-0.15, -0.1) is 10.2 Å². The molecule has 92 valence electrons. The topological polar surface area (TPSA) is 51.0 Å². The monoisotopic (exact) mass is 259 g/mol. The maximum Gasteiger partial charge on any atom is 0.183 e. The zero-order valence-electron chi connectivity index (χ0n) is 10.0. The number of fused-ring (bicyclic) bond motifs is 1. The molecule has 0 saturated carbocycles. The minimum atomic E-state index is 0.758. The van der Waals surface area contributed by atoms with Gasteiger partial charge < -0.3 is 9.73 Å². The Balaban J connectivity index is 1.91. The molecule has 0 atom stereocenters. The Labute approximate surface area is 109 Å². The summed E-state index contributed by atoms with van der Waals surface area (Å²) >= 11 is 1.56. The molecule has 18 heavy (non-hydrogen) atoms. The van der Waals surface area contributed by atoms with Crippen molar-refractivity contribution in [3.8, 4) is 10.8 Å². The van der Waals surface area contributed by atoms with Gasteiger partial charge >= 0.3 is 0 Å². The molecule has 0 unspecified atom stereocenters. The van der Waals surface area contributed by atoms with Crippen molar-refractivity contribution in [2.45, 2.75) is 13.5 Å². The smallest absolute Gasteiger partial charge is 0.183 e. The maximum atomic E-state index is 5.76. The van der Waals surface area contributed by atoms with Crippen LogP contribution in [0.15, 0.2) is 34.7 Å². The fraction of sp³-hybridized carbons (Fsp3) is 0.231. The number of aromatic nitrogens is 2. The van der Waals surface area contributed by atoms with Gasteiger partial charge in [-0.25, -0.2) is 0 Å². The first kappa shape index (κ1) is 11.4. The summed E-state index contributed by atoms with van der Waals surface area (Å²) in [6.45, 7) is 3.76. The molecule has 5 heteroatoms. The van der Waals surface area contributed by atoms with Crippen LogP contribution in [0.1, 0.15) is 11.9 Å². The van der Waals surface area contributed by atoms with Gasteiger partial charge in [0.05, 0.1) is 0 Å². The summed E-state index contributed by atoms with van der Waals surface area (Å²) in [5.41, 5.74) is 0.885. The third-order valence-electron chi connectivity index (χ3n) is 2.63. The van der Waals surface area contributed by atoms with Crippen LogP contribution in [0.25, 0.3) is 21.7 Å². The quantitative estimate of drug-likeness (QED) is 0.782. The molecule has 4 nitrogen and oxygen atoms in total. The van der Waals surface area contributed by atoms with Gasteiger partial charge in [0.25, 0.3) is 0 Å². The van der Waals surface area contributed by atoms with Crippen molar-refractivity contribution < 1.29 is 4.42 Å². The van der Waals surface area contributed by atoms with E-state index in [0.29, 0.717) is 0 Å². The Hall–Kier alpha value is -1.72. The standard InChI is InChI=1S/C13H13N3OS/c1-2-14-8-12-15-16-13(18-12)11-7-9-5-3-4-6-10(9)17-11/h3-7,14H,2,8H2,1H3. The van der Waals surface area contributed by atoms with Gasteiger partial charge in [-0.1, -0.05) is 36.5 Å². The Kier molecular flexibility index (Phi) is 3.08. The lowest BCUT2D eigenvalue weighted by molar-refractivity contribution is 0.629. The fourth-order valence-electron chi connectivity index (χ4n) is 1.74. The molecule has 1 aromatic carbocycles. The van der Waals surface area contributed by atoms with Crippen LogP contribution >= 0.6 is 11.3 Å². The molecule has 0 fully saturated rings. The highest BCUT2D eigenvalue weighted by Crippen LogP contribution is 2.29. The lowest BCUT2D eigenvalue weighted by atomic mass is 10.2. The van der Waals surface area contributed by atoms with Crippen LogP contribution in [-0.2, 0) is 6.54 Å². The number of hydrogen-bond donors (Lipinski definition) is 1. The van der Waals surface area contributed by atoms with Gasteiger partial charge in [0, 0.05) is 11.9 Å². The van der Waals surface area contributed by atoms with E-state index in [-0.39, 0.29) is 0 Å². The molecule has 1 N–H and O–H groups in total. The second kappa shape index (κ2) is 4.88. The fourth-order valence-corrected chi connectivity index (χ4v) is 2.51. The summed E-state index contributed by atoms with van der Waals surface area (Å²) in [6.07, 6.45) is 0. The van der Waals surface area contributed by atoms with E-state index >= 15 is 0 Å². The maximum absolute atomic E-state index is 5.76. The lowest BCUT2D eigenvalue weighted by Gasteiger charge is -1.93. The zero-order chi connectivity index (χ0) is 12.4. The van der Waals surface area contributed by atoms with Crippen LogP contribution in [0.2, 0.25) is 0 Å². The largest absolute Gasteiger partial charge is 0.453 e. The summed E-state index contributed by atoms with van der Waals surface area (Å²) < 4.78 is 5.76. The Morgan fingerprint density at radius 1 is 1.28 bits per heavy atom. The van der Waals surface area contributed by atoms with E-state index in [1.165, 1.54) is 0 Å². The highest BCUT2D eigenvalue weighted by Gasteiger charge is 2.11. The second-order valence-corrected chi connectivity index (χ2v) is 4.99. The SMILES string of the molecule is CCNCc1nnc(-c2cc3ccccc3o2)s1. The number of benzene rings is 1. The summed E-state index contributed by atoms with van der Waals surface area (Å²) in [6, 6.07) is 9.96. The molecular weight excluding hydrogens is 246 g/mol. The minimum absolute atomic E-state index is 0.758. The number of nitrogens with one attached hydrogen (secondary N) is 1. The number of nitrogens with zero attached hydrogens (tertiary/aromatic N) is 2. The van der Waals surface area contributed by atoms with E-state index in [1.54, 1.807) is 11.3 Å². The van der Waals surface area contributed by atoms with Crippen molar-refractivity contribution in [2.24, 2.45) is 0 Å². The Bertz CT molecular complexity index is 626. The number of hydrogen-bond acceptors (Lipinski definition) is 5. The van der Waals surface area contributed by atoms with E-state index in [4.69, 9.17) is 4.42 Å². The normalized spacial score (nSPS) is 11.2. The van der Waals surface area contributed by atoms with Crippen molar-refractivity contribution in [1.29, 1.82) is 0 Å². The molecule has 0 saturated heterocycles. The molecule has 0 spiro atoms. The molecule has 3 rings (SSSR count). The molecule has 2 aromatic heterocycles. The number of furan rings is 1. The molecular formula is C13H13N3OS. The van der Waals surface area contributed by atoms with Crippen molar-refractivity contribution in [1.82, 2.24) is 15.5 Å². The Morgan fingerprint density at radius 2 is 2.17 bits per heavy atom. The summed E-state index contributed by atoms with van der Waals surface area (Å²) in [4.78, 5) is 0. The third kappa shape index (κ3) is 2.14. The number of rotatable bonds is 4. The average molecular weight is 259 g/mol. The van der Waals surface area contributed by atoms with Crippen LogP contribution in [0, 0.1) is 0 Å². The zero-order valence-corrected chi connectivity index (χ0v) is 10.8. The Morgan fingerprint density at radius 3 is 3.00 bits per heavy atom. The van der Waals surface area contributed by atoms with Gasteiger partial charge in [0.15, 0.2) is 10.8 Å². The molecule has 0 aliphatic carbocycles. The van der Waals surface area contributed by atoms with Crippen LogP contribution < -0.4 is 5.32 Å². The third-order valence-corrected chi connectivity index (χ3v) is 3.57. The van der Waals surface area contributed by atoms with Crippen molar-refractivity contribution in [2.75, 3.05) is 6.54 Å². The van der Waals surface area contributed by atoms with Gasteiger partial charge in [0.2, 0.25) is 0 Å². The number of para-hydroxylation sites is 1. The van der Waals surface area contributed by atoms with Gasteiger partial charge in [-0.05, 0) is 18.7 Å². The van der Waals surface area contributed by atoms with Crippen molar-refractivity contribution in [3.05, 3.63) is 35.3 Å². The summed E-state index contributed by atoms with van der Waals surface area (Å²) in [5.74, 6) is 0.788. The van der Waals surface area contributed by atoms with E-state index in [0.717, 1.165) is 39.8 Å². The van der Waals surface area contributed by atoms with Crippen LogP contribution in [0.5, 0.6) is 0 Å². The van der Waals surface area contributed by atoms with Crippen LogP contribution in [0.3, 0.4) is 0 Å². The highest BCUT2D eigenvalue weighted by molar-refractivity contribution is 7.14. The van der Waals surface area contributed by atoms with Gasteiger partial charge in [-0.3, -0.25) is 0 Å². The van der Waals surface area contributed by atoms with E-state index in [1.807, 2.05) is 30.3 Å². The molecule has 0 aliphatic heterocycles. The molecule has 0 aliphatic rings. The molecule has 0 bridgehead atoms. The minimum Gasteiger partial charge on any atom is -0.453 e. The predicted octanol–water partition coefficient (Wildman–Crippen LogP) is 3.06. The van der Waals surface area contributed by atoms with Crippen molar-refractivity contribution in [3.63, 3.8) is 0 Å². The average Bonchev–Trinajstić information content (AvgIpc) is 3.02. The summed E-state index contributed by atoms with van der Waals surface area (Å²) in [7, 11) is 0. The molecule has 0 radical (unpaired) electrons. The highest BCUT2D eigenvalue weighted by atomic mass is 32.1. The van der Waals surface area contributed by atoms with E-state index < -0.39 is 0 Å². The van der Waals surface area contributed by atoms with Crippen molar-refractivity contribution >= 4 is 22.3 Å².